The van der Waals surface area contributed by atoms with Crippen LogP contribution in [0.1, 0.15) is 72.8 Å². The van der Waals surface area contributed by atoms with Gasteiger partial charge in [0, 0.05) is 24.4 Å². The van der Waals surface area contributed by atoms with Gasteiger partial charge >= 0.3 is 12.1 Å². The molecular weight excluding hydrogens is 534 g/mol. The van der Waals surface area contributed by atoms with Crippen molar-refractivity contribution in [3.63, 3.8) is 0 Å². The summed E-state index contributed by atoms with van der Waals surface area (Å²) in [5.74, 6) is -0.279. The highest BCUT2D eigenvalue weighted by Gasteiger charge is 2.40. The number of ether oxygens (including phenoxy) is 3. The summed E-state index contributed by atoms with van der Waals surface area (Å²) < 4.78 is 16.4. The van der Waals surface area contributed by atoms with Gasteiger partial charge in [-0.1, -0.05) is 32.4 Å². The van der Waals surface area contributed by atoms with Gasteiger partial charge in [-0.25, -0.2) is 4.79 Å². The van der Waals surface area contributed by atoms with Gasteiger partial charge in [0.25, 0.3) is 0 Å². The first-order valence-corrected chi connectivity index (χ1v) is 14.3. The molecule has 0 fully saturated rings. The Bertz CT molecular complexity index is 1290. The lowest BCUT2D eigenvalue weighted by molar-refractivity contribution is -0.153. The second-order valence-corrected chi connectivity index (χ2v) is 11.1. The van der Waals surface area contributed by atoms with E-state index in [1.54, 1.807) is 13.8 Å². The number of hydrogen-bond donors (Lipinski definition) is 1. The van der Waals surface area contributed by atoms with Crippen molar-refractivity contribution >= 4 is 23.3 Å². The maximum atomic E-state index is 12.0. The molecule has 0 radical (unpaired) electrons. The number of anilines is 1. The summed E-state index contributed by atoms with van der Waals surface area (Å²) in [7, 11) is 0. The van der Waals surface area contributed by atoms with Gasteiger partial charge in [0.1, 0.15) is 36.0 Å². The largest absolute Gasteiger partial charge is 0.480 e. The van der Waals surface area contributed by atoms with Crippen molar-refractivity contribution in [2.24, 2.45) is 5.41 Å². The van der Waals surface area contributed by atoms with Crippen LogP contribution in [0.15, 0.2) is 41.2 Å². The Morgan fingerprint density at radius 2 is 1.64 bits per heavy atom. The molecular formula is C32H41N5O5. The minimum absolute atomic E-state index is 0.0154. The number of rotatable bonds is 14. The zero-order valence-corrected chi connectivity index (χ0v) is 25.5. The van der Waals surface area contributed by atoms with Crippen LogP contribution in [0.2, 0.25) is 0 Å². The van der Waals surface area contributed by atoms with E-state index in [2.05, 4.69) is 23.2 Å². The van der Waals surface area contributed by atoms with Crippen molar-refractivity contribution in [1.29, 1.82) is 15.8 Å². The fraction of sp³-hybridized carbons (Fsp3) is 0.531. The number of nitrogens with one attached hydrogen (secondary N) is 1. The number of amides is 1. The van der Waals surface area contributed by atoms with Gasteiger partial charge in [0.15, 0.2) is 11.3 Å². The Morgan fingerprint density at radius 3 is 2.21 bits per heavy atom. The summed E-state index contributed by atoms with van der Waals surface area (Å²) in [4.78, 5) is 26.2. The average Bonchev–Trinajstić information content (AvgIpc) is 3.25. The van der Waals surface area contributed by atoms with Gasteiger partial charge in [-0.15, -0.1) is 0 Å². The van der Waals surface area contributed by atoms with Crippen LogP contribution in [0.5, 0.6) is 0 Å². The fourth-order valence-corrected chi connectivity index (χ4v) is 4.34. The molecule has 1 amide bonds. The maximum Gasteiger partial charge on any atom is 0.407 e. The van der Waals surface area contributed by atoms with Crippen molar-refractivity contribution in [2.75, 3.05) is 37.7 Å². The number of esters is 1. The number of nitriles is 3. The van der Waals surface area contributed by atoms with Crippen molar-refractivity contribution in [3.8, 4) is 18.2 Å². The smallest absolute Gasteiger partial charge is 0.407 e. The van der Waals surface area contributed by atoms with Gasteiger partial charge in [-0.3, -0.25) is 4.79 Å². The van der Waals surface area contributed by atoms with Gasteiger partial charge in [0.2, 0.25) is 0 Å². The molecule has 10 nitrogen and oxygen atoms in total. The molecule has 0 atom stereocenters. The van der Waals surface area contributed by atoms with Gasteiger partial charge in [-0.2, -0.15) is 15.8 Å². The molecule has 1 aromatic carbocycles. The summed E-state index contributed by atoms with van der Waals surface area (Å²) in [5.41, 5.74) is 0.884. The third-order valence-electron chi connectivity index (χ3n) is 7.15. The third kappa shape index (κ3) is 8.75. The number of unbranched alkanes of at least 4 members (excludes halogenated alkanes) is 1. The van der Waals surface area contributed by atoms with E-state index in [1.165, 1.54) is 0 Å². The van der Waals surface area contributed by atoms with Crippen LogP contribution in [0.3, 0.4) is 0 Å². The Hall–Kier alpha value is -4.49. The Balaban J connectivity index is 2.00. The van der Waals surface area contributed by atoms with E-state index < -0.39 is 17.1 Å². The van der Waals surface area contributed by atoms with Crippen LogP contribution in [-0.2, 0) is 19.0 Å². The number of hydrogen-bond acceptors (Lipinski definition) is 9. The van der Waals surface area contributed by atoms with E-state index in [9.17, 15) is 25.4 Å². The monoisotopic (exact) mass is 575 g/mol. The van der Waals surface area contributed by atoms with Crippen molar-refractivity contribution < 1.29 is 23.8 Å². The van der Waals surface area contributed by atoms with Crippen LogP contribution >= 0.6 is 0 Å². The summed E-state index contributed by atoms with van der Waals surface area (Å²) in [6, 6.07) is 13.5. The molecule has 1 aliphatic rings. The molecule has 0 unspecified atom stereocenters. The SMILES string of the molecule is CCCCN(CCCOC(=O)NCCOC(=O)C(C)(C)CC)c1ccc(C2=C(C#N)C(=C(C#N)C#N)OC2(C)C)cc1. The molecule has 1 heterocycles. The lowest BCUT2D eigenvalue weighted by Crippen LogP contribution is -2.32. The summed E-state index contributed by atoms with van der Waals surface area (Å²) in [5, 5.41) is 31.1. The quantitative estimate of drug-likeness (QED) is 0.166. The van der Waals surface area contributed by atoms with Crippen LogP contribution in [0.4, 0.5) is 10.5 Å². The number of carbonyl (C=O) groups is 2. The predicted octanol–water partition coefficient (Wildman–Crippen LogP) is 5.78. The minimum Gasteiger partial charge on any atom is -0.480 e. The molecule has 2 rings (SSSR count). The van der Waals surface area contributed by atoms with E-state index in [1.807, 2.05) is 57.2 Å². The molecule has 0 aliphatic carbocycles. The van der Waals surface area contributed by atoms with E-state index in [-0.39, 0.29) is 42.6 Å². The third-order valence-corrected chi connectivity index (χ3v) is 7.15. The molecule has 10 heteroatoms. The standard InChI is InChI=1S/C32H41N5O5/c1-7-9-16-37(17-10-18-41-30(39)36-15-19-40-29(38)31(3,4)8-2)25-13-11-23(12-14-25)27-26(22-35)28(24(20-33)21-34)42-32(27,5)6/h11-14H,7-10,15-19H2,1-6H3,(H,36,39). The van der Waals surface area contributed by atoms with Crippen molar-refractivity contribution in [1.82, 2.24) is 5.32 Å². The second-order valence-electron chi connectivity index (χ2n) is 11.1. The lowest BCUT2D eigenvalue weighted by atomic mass is 9.89. The highest BCUT2D eigenvalue weighted by molar-refractivity contribution is 5.84. The Labute approximate surface area is 249 Å². The summed E-state index contributed by atoms with van der Waals surface area (Å²) in [6.07, 6.45) is 2.73. The van der Waals surface area contributed by atoms with Crippen LogP contribution in [-0.4, -0.2) is 50.5 Å². The lowest BCUT2D eigenvalue weighted by Gasteiger charge is -2.26. The van der Waals surface area contributed by atoms with Crippen LogP contribution < -0.4 is 10.2 Å². The van der Waals surface area contributed by atoms with Crippen molar-refractivity contribution in [2.45, 2.75) is 72.8 Å². The molecule has 1 aliphatic heterocycles. The van der Waals surface area contributed by atoms with E-state index in [0.717, 1.165) is 30.6 Å². The van der Waals surface area contributed by atoms with E-state index >= 15 is 0 Å². The van der Waals surface area contributed by atoms with E-state index in [0.29, 0.717) is 25.0 Å². The molecule has 42 heavy (non-hydrogen) atoms. The first-order chi connectivity index (χ1) is 19.9. The molecule has 0 bridgehead atoms. The number of nitrogens with zero attached hydrogens (tertiary/aromatic N) is 4. The molecule has 1 aromatic rings. The average molecular weight is 576 g/mol. The minimum atomic E-state index is -0.894. The first-order valence-electron chi connectivity index (χ1n) is 14.3. The fourth-order valence-electron chi connectivity index (χ4n) is 4.34. The molecule has 0 saturated carbocycles. The Kier molecular flexibility index (Phi) is 12.4. The molecule has 224 valence electrons. The molecule has 1 N–H and O–H groups in total. The number of allylic oxidation sites excluding steroid dienone is 2. The van der Waals surface area contributed by atoms with Crippen LogP contribution in [0.25, 0.3) is 5.57 Å². The van der Waals surface area contributed by atoms with E-state index in [4.69, 9.17) is 14.2 Å². The van der Waals surface area contributed by atoms with Gasteiger partial charge in [-0.05, 0) is 64.7 Å². The van der Waals surface area contributed by atoms with Gasteiger partial charge in [0.05, 0.1) is 18.6 Å². The zero-order chi connectivity index (χ0) is 31.3. The normalized spacial score (nSPS) is 13.7. The van der Waals surface area contributed by atoms with Gasteiger partial charge < -0.3 is 24.4 Å². The van der Waals surface area contributed by atoms with Crippen LogP contribution in [0, 0.1) is 39.4 Å². The number of benzene rings is 1. The second kappa shape index (κ2) is 15.5. The highest BCUT2D eigenvalue weighted by atomic mass is 16.6. The highest BCUT2D eigenvalue weighted by Crippen LogP contribution is 2.45. The molecule has 0 spiro atoms. The molecule has 0 saturated heterocycles. The zero-order valence-electron chi connectivity index (χ0n) is 25.5. The first kappa shape index (κ1) is 33.7. The maximum absolute atomic E-state index is 12.0. The number of carbonyl (C=O) groups excluding carboxylic acids is 2. The van der Waals surface area contributed by atoms with Crippen molar-refractivity contribution in [3.05, 3.63) is 46.7 Å². The molecule has 0 aromatic heterocycles. The predicted molar refractivity (Wildman–Crippen MR) is 159 cm³/mol. The Morgan fingerprint density at radius 1 is 1.00 bits per heavy atom. The topological polar surface area (TPSA) is 148 Å². The summed E-state index contributed by atoms with van der Waals surface area (Å²) >= 11 is 0. The number of alkyl carbamates (subject to hydrolysis) is 1. The summed E-state index contributed by atoms with van der Waals surface area (Å²) in [6.45, 7) is 13.3.